The number of nitrogens with zero attached hydrogens (tertiary/aromatic N) is 2. The van der Waals surface area contributed by atoms with Gasteiger partial charge in [0.05, 0.1) is 24.8 Å². The van der Waals surface area contributed by atoms with Gasteiger partial charge in [-0.3, -0.25) is 14.5 Å². The summed E-state index contributed by atoms with van der Waals surface area (Å²) in [6, 6.07) is 12.0. The lowest BCUT2D eigenvalue weighted by Crippen LogP contribution is -2.42. The topological polar surface area (TPSA) is 70.1 Å². The van der Waals surface area contributed by atoms with Crippen LogP contribution in [0.2, 0.25) is 0 Å². The zero-order valence-corrected chi connectivity index (χ0v) is 17.4. The first-order valence-corrected chi connectivity index (χ1v) is 10.4. The number of Topliss-reactive ketones (excluding diaryl/α,β-unsaturated/α-hetero) is 1. The Balaban J connectivity index is 1.73. The Hall–Kier alpha value is -3.03. The van der Waals surface area contributed by atoms with Gasteiger partial charge in [0, 0.05) is 31.7 Å². The molecule has 6 nitrogen and oxygen atoms in total. The molecule has 0 aromatic heterocycles. The van der Waals surface area contributed by atoms with Crippen molar-refractivity contribution in [2.24, 2.45) is 0 Å². The van der Waals surface area contributed by atoms with Crippen molar-refractivity contribution < 1.29 is 23.8 Å². The van der Waals surface area contributed by atoms with Gasteiger partial charge in [0.1, 0.15) is 11.6 Å². The van der Waals surface area contributed by atoms with E-state index in [9.17, 15) is 19.1 Å². The highest BCUT2D eigenvalue weighted by Gasteiger charge is 2.46. The van der Waals surface area contributed by atoms with Crippen molar-refractivity contribution in [3.63, 3.8) is 0 Å². The molecule has 7 heteroatoms. The van der Waals surface area contributed by atoms with Crippen molar-refractivity contribution in [1.82, 2.24) is 9.80 Å². The smallest absolute Gasteiger partial charge is 0.295 e. The molecule has 2 heterocycles. The van der Waals surface area contributed by atoms with Crippen molar-refractivity contribution in [3.05, 3.63) is 76.6 Å². The summed E-state index contributed by atoms with van der Waals surface area (Å²) >= 11 is 0. The zero-order valence-electron chi connectivity index (χ0n) is 17.4. The summed E-state index contributed by atoms with van der Waals surface area (Å²) in [5.74, 6) is -2.15. The first-order chi connectivity index (χ1) is 15.0. The Kier molecular flexibility index (Phi) is 6.15. The number of halogens is 1. The maximum absolute atomic E-state index is 14.0. The fourth-order valence-electron chi connectivity index (χ4n) is 4.07. The molecule has 2 aromatic carbocycles. The van der Waals surface area contributed by atoms with Crippen LogP contribution in [0, 0.1) is 12.7 Å². The summed E-state index contributed by atoms with van der Waals surface area (Å²) in [7, 11) is 0. The van der Waals surface area contributed by atoms with Crippen LogP contribution in [-0.4, -0.2) is 66.0 Å². The standard InChI is InChI=1S/C24H25FN2O4/c1-16-5-7-17(8-6-16)22(28)20-21(18-3-2-4-19(25)15-18)27(24(30)23(20)29)10-9-26-11-13-31-14-12-26/h2-8,15,21,28H,9-14H2,1H3/t21-/m1/s1. The van der Waals surface area contributed by atoms with E-state index in [4.69, 9.17) is 4.74 Å². The first kappa shape index (κ1) is 21.2. The number of ketones is 1. The summed E-state index contributed by atoms with van der Waals surface area (Å²) in [6.07, 6.45) is 0. The third kappa shape index (κ3) is 4.38. The maximum Gasteiger partial charge on any atom is 0.295 e. The Bertz CT molecular complexity index is 1010. The molecule has 1 N–H and O–H groups in total. The van der Waals surface area contributed by atoms with Gasteiger partial charge in [0.15, 0.2) is 0 Å². The van der Waals surface area contributed by atoms with Crippen LogP contribution < -0.4 is 0 Å². The molecule has 0 aliphatic carbocycles. The van der Waals surface area contributed by atoms with Gasteiger partial charge < -0.3 is 14.7 Å². The molecule has 162 valence electrons. The molecule has 0 unspecified atom stereocenters. The molecule has 4 rings (SSSR count). The number of carbonyl (C=O) groups excluding carboxylic acids is 2. The van der Waals surface area contributed by atoms with Gasteiger partial charge >= 0.3 is 0 Å². The van der Waals surface area contributed by atoms with Crippen molar-refractivity contribution in [3.8, 4) is 0 Å². The number of aliphatic hydroxyl groups excluding tert-OH is 1. The summed E-state index contributed by atoms with van der Waals surface area (Å²) in [4.78, 5) is 29.5. The number of morpholine rings is 1. The van der Waals surface area contributed by atoms with Gasteiger partial charge in [-0.25, -0.2) is 4.39 Å². The van der Waals surface area contributed by atoms with Gasteiger partial charge in [-0.15, -0.1) is 0 Å². The largest absolute Gasteiger partial charge is 0.507 e. The molecule has 2 aromatic rings. The number of benzene rings is 2. The van der Waals surface area contributed by atoms with E-state index in [-0.39, 0.29) is 17.9 Å². The van der Waals surface area contributed by atoms with E-state index in [1.807, 2.05) is 19.1 Å². The third-order valence-corrected chi connectivity index (χ3v) is 5.79. The molecule has 31 heavy (non-hydrogen) atoms. The molecule has 0 spiro atoms. The average Bonchev–Trinajstić information content (AvgIpc) is 3.03. The van der Waals surface area contributed by atoms with E-state index < -0.39 is 23.5 Å². The second-order valence-electron chi connectivity index (χ2n) is 7.87. The van der Waals surface area contributed by atoms with E-state index in [1.54, 1.807) is 24.3 Å². The minimum atomic E-state index is -0.849. The number of amides is 1. The molecule has 0 radical (unpaired) electrons. The van der Waals surface area contributed by atoms with Crippen LogP contribution >= 0.6 is 0 Å². The van der Waals surface area contributed by atoms with Crippen molar-refractivity contribution in [2.45, 2.75) is 13.0 Å². The van der Waals surface area contributed by atoms with Gasteiger partial charge in [0.25, 0.3) is 11.7 Å². The monoisotopic (exact) mass is 424 g/mol. The Morgan fingerprint density at radius 2 is 1.81 bits per heavy atom. The maximum atomic E-state index is 14.0. The molecule has 1 amide bonds. The molecule has 1 atom stereocenters. The van der Waals surface area contributed by atoms with E-state index in [2.05, 4.69) is 4.90 Å². The van der Waals surface area contributed by atoms with Crippen molar-refractivity contribution in [2.75, 3.05) is 39.4 Å². The molecule has 2 saturated heterocycles. The highest BCUT2D eigenvalue weighted by molar-refractivity contribution is 6.46. The van der Waals surface area contributed by atoms with Gasteiger partial charge in [-0.1, -0.05) is 42.0 Å². The minimum Gasteiger partial charge on any atom is -0.507 e. The molecule has 0 saturated carbocycles. The second-order valence-corrected chi connectivity index (χ2v) is 7.87. The second kappa shape index (κ2) is 8.99. The fraction of sp³-hybridized carbons (Fsp3) is 0.333. The highest BCUT2D eigenvalue weighted by Crippen LogP contribution is 2.39. The van der Waals surface area contributed by atoms with Gasteiger partial charge in [-0.2, -0.15) is 0 Å². The first-order valence-electron chi connectivity index (χ1n) is 10.4. The van der Waals surface area contributed by atoms with Gasteiger partial charge in [-0.05, 0) is 24.6 Å². The molecular weight excluding hydrogens is 399 g/mol. The predicted molar refractivity (Wildman–Crippen MR) is 114 cm³/mol. The summed E-state index contributed by atoms with van der Waals surface area (Å²) in [6.45, 7) is 5.51. The Labute approximate surface area is 180 Å². The van der Waals surface area contributed by atoms with E-state index in [0.717, 1.165) is 18.7 Å². The normalized spacial score (nSPS) is 21.6. The number of aryl methyl sites for hydroxylation is 1. The number of aliphatic hydroxyl groups is 1. The van der Waals surface area contributed by atoms with Gasteiger partial charge in [0.2, 0.25) is 0 Å². The lowest BCUT2D eigenvalue weighted by molar-refractivity contribution is -0.140. The number of ether oxygens (including phenoxy) is 1. The van der Waals surface area contributed by atoms with E-state index in [0.29, 0.717) is 30.9 Å². The van der Waals surface area contributed by atoms with Crippen LogP contribution in [0.5, 0.6) is 0 Å². The Morgan fingerprint density at radius 1 is 1.10 bits per heavy atom. The number of carbonyl (C=O) groups is 2. The van der Waals surface area contributed by atoms with Crippen molar-refractivity contribution in [1.29, 1.82) is 0 Å². The minimum absolute atomic E-state index is 0.0126. The third-order valence-electron chi connectivity index (χ3n) is 5.79. The van der Waals surface area contributed by atoms with Crippen LogP contribution in [0.3, 0.4) is 0 Å². The predicted octanol–water partition coefficient (Wildman–Crippen LogP) is 2.89. The molecular formula is C24H25FN2O4. The average molecular weight is 424 g/mol. The molecule has 2 aliphatic heterocycles. The Morgan fingerprint density at radius 3 is 2.48 bits per heavy atom. The zero-order chi connectivity index (χ0) is 22.0. The molecule has 0 bridgehead atoms. The summed E-state index contributed by atoms with van der Waals surface area (Å²) in [5.41, 5.74) is 1.89. The number of hydrogen-bond donors (Lipinski definition) is 1. The highest BCUT2D eigenvalue weighted by atomic mass is 19.1. The fourth-order valence-corrected chi connectivity index (χ4v) is 4.07. The number of hydrogen-bond acceptors (Lipinski definition) is 5. The van der Waals surface area contributed by atoms with Crippen LogP contribution in [0.25, 0.3) is 5.76 Å². The SMILES string of the molecule is Cc1ccc(C(O)=C2C(=O)C(=O)N(CCN3CCOCC3)[C@@H]2c2cccc(F)c2)cc1. The number of rotatable bonds is 5. The van der Waals surface area contributed by atoms with Crippen LogP contribution in [0.15, 0.2) is 54.1 Å². The van der Waals surface area contributed by atoms with E-state index in [1.165, 1.54) is 17.0 Å². The molecule has 2 aliphatic rings. The lowest BCUT2D eigenvalue weighted by Gasteiger charge is -2.31. The molecule has 2 fully saturated rings. The van der Waals surface area contributed by atoms with E-state index >= 15 is 0 Å². The number of likely N-dealkylation sites (tertiary alicyclic amines) is 1. The van der Waals surface area contributed by atoms with Crippen LogP contribution in [0.1, 0.15) is 22.7 Å². The van der Waals surface area contributed by atoms with Crippen LogP contribution in [-0.2, 0) is 14.3 Å². The summed E-state index contributed by atoms with van der Waals surface area (Å²) in [5, 5.41) is 11.0. The summed E-state index contributed by atoms with van der Waals surface area (Å²) < 4.78 is 19.4. The van der Waals surface area contributed by atoms with Crippen LogP contribution in [0.4, 0.5) is 4.39 Å². The quantitative estimate of drug-likeness (QED) is 0.454. The van der Waals surface area contributed by atoms with Crippen molar-refractivity contribution >= 4 is 17.4 Å². The lowest BCUT2D eigenvalue weighted by atomic mass is 9.95.